The normalized spacial score (nSPS) is 24.9. The van der Waals surface area contributed by atoms with Crippen molar-refractivity contribution in [2.75, 3.05) is 5.32 Å². The van der Waals surface area contributed by atoms with Crippen LogP contribution in [0.1, 0.15) is 60.4 Å². The number of aliphatic carboxylic acids is 1. The molecule has 0 amide bonds. The molecule has 0 spiro atoms. The number of carbonyl (C=O) groups excluding carboxylic acids is 2. The number of carboxylic acids is 1. The Kier molecular flexibility index (Phi) is 5.94. The average Bonchev–Trinajstić information content (AvgIpc) is 3.49. The van der Waals surface area contributed by atoms with E-state index in [1.54, 1.807) is 0 Å². The summed E-state index contributed by atoms with van der Waals surface area (Å²) in [5.41, 5.74) is -0.0463. The summed E-state index contributed by atoms with van der Waals surface area (Å²) in [5, 5.41) is 17.4. The third-order valence-electron chi connectivity index (χ3n) is 7.45. The Morgan fingerprint density at radius 1 is 1.12 bits per heavy atom. The van der Waals surface area contributed by atoms with E-state index < -0.39 is 41.2 Å². The molecule has 8 heteroatoms. The fourth-order valence-electron chi connectivity index (χ4n) is 5.80. The van der Waals surface area contributed by atoms with Crippen LogP contribution in [-0.2, 0) is 9.59 Å². The summed E-state index contributed by atoms with van der Waals surface area (Å²) in [5.74, 6) is -4.00. The van der Waals surface area contributed by atoms with Crippen molar-refractivity contribution in [1.29, 1.82) is 0 Å². The fraction of sp³-hybridized carbons (Fsp3) is 0.423. The highest BCUT2D eigenvalue weighted by Crippen LogP contribution is 2.52. The summed E-state index contributed by atoms with van der Waals surface area (Å²) in [6, 6.07) is 10.9. The number of anilines is 1. The number of hydrogen-bond donors (Lipinski definition) is 3. The molecule has 0 saturated heterocycles. The highest BCUT2D eigenvalue weighted by molar-refractivity contribution is 6.48. The van der Waals surface area contributed by atoms with E-state index in [0.29, 0.717) is 0 Å². The Morgan fingerprint density at radius 2 is 1.88 bits per heavy atom. The predicted molar refractivity (Wildman–Crippen MR) is 126 cm³/mol. The number of carboxylic acid groups (broad SMARTS) is 1. The molecule has 34 heavy (non-hydrogen) atoms. The number of halogens is 2. The van der Waals surface area contributed by atoms with Crippen molar-refractivity contribution in [3.05, 3.63) is 64.4 Å². The number of rotatable bonds is 8. The van der Waals surface area contributed by atoms with Crippen LogP contribution in [0.15, 0.2) is 42.5 Å². The zero-order valence-corrected chi connectivity index (χ0v) is 19.3. The van der Waals surface area contributed by atoms with Gasteiger partial charge in [-0.2, -0.15) is 0 Å². The highest BCUT2D eigenvalue weighted by Gasteiger charge is 2.57. The van der Waals surface area contributed by atoms with Crippen LogP contribution in [0, 0.1) is 11.7 Å². The molecule has 1 heterocycles. The molecule has 2 saturated carbocycles. The highest BCUT2D eigenvalue weighted by atomic mass is 35.5. The van der Waals surface area contributed by atoms with Gasteiger partial charge < -0.3 is 10.4 Å². The molecule has 2 aromatic rings. The fourth-order valence-corrected chi connectivity index (χ4v) is 6.05. The number of ketones is 2. The van der Waals surface area contributed by atoms with E-state index in [1.165, 1.54) is 6.07 Å². The Morgan fingerprint density at radius 3 is 2.59 bits per heavy atom. The first-order valence-corrected chi connectivity index (χ1v) is 12.1. The van der Waals surface area contributed by atoms with Gasteiger partial charge in [-0.25, -0.2) is 4.39 Å². The van der Waals surface area contributed by atoms with Gasteiger partial charge in [-0.1, -0.05) is 36.2 Å². The lowest BCUT2D eigenvalue weighted by atomic mass is 9.65. The van der Waals surface area contributed by atoms with Gasteiger partial charge in [-0.05, 0) is 61.4 Å². The van der Waals surface area contributed by atoms with Crippen LogP contribution in [0.3, 0.4) is 0 Å². The lowest BCUT2D eigenvalue weighted by Gasteiger charge is -2.46. The number of Topliss-reactive ketones (excluding diaryl/α,β-unsaturated/α-hetero) is 2. The molecule has 6 nitrogen and oxygen atoms in total. The number of fused-ring (bicyclic) bond motifs is 2. The van der Waals surface area contributed by atoms with Crippen molar-refractivity contribution >= 4 is 34.8 Å². The zero-order chi connectivity index (χ0) is 24.0. The van der Waals surface area contributed by atoms with Crippen LogP contribution in [-0.4, -0.2) is 40.3 Å². The third-order valence-corrected chi connectivity index (χ3v) is 7.77. The van der Waals surface area contributed by atoms with Crippen molar-refractivity contribution in [3.63, 3.8) is 0 Å². The molecule has 178 valence electrons. The number of nitrogens with one attached hydrogen (secondary N) is 2. The van der Waals surface area contributed by atoms with E-state index >= 15 is 0 Å². The van der Waals surface area contributed by atoms with Crippen molar-refractivity contribution in [1.82, 2.24) is 5.32 Å². The van der Waals surface area contributed by atoms with Crippen LogP contribution in [0.4, 0.5) is 10.1 Å². The van der Waals surface area contributed by atoms with Gasteiger partial charge in [0.1, 0.15) is 11.4 Å². The Balaban J connectivity index is 1.57. The van der Waals surface area contributed by atoms with Crippen molar-refractivity contribution in [2.45, 2.75) is 62.1 Å². The van der Waals surface area contributed by atoms with Gasteiger partial charge in [-0.15, -0.1) is 0 Å². The first kappa shape index (κ1) is 23.0. The summed E-state index contributed by atoms with van der Waals surface area (Å²) >= 11 is 6.03. The molecule has 3 N–H and O–H groups in total. The van der Waals surface area contributed by atoms with E-state index in [-0.39, 0.29) is 28.6 Å². The number of carbonyl (C=O) groups is 3. The minimum atomic E-state index is -1.65. The van der Waals surface area contributed by atoms with Crippen LogP contribution in [0.25, 0.3) is 0 Å². The summed E-state index contributed by atoms with van der Waals surface area (Å²) in [6.45, 7) is 0. The van der Waals surface area contributed by atoms with Crippen LogP contribution >= 0.6 is 11.6 Å². The quantitative estimate of drug-likeness (QED) is 0.375. The molecule has 1 aliphatic heterocycles. The number of benzene rings is 2. The van der Waals surface area contributed by atoms with Gasteiger partial charge in [0.2, 0.25) is 11.6 Å². The summed E-state index contributed by atoms with van der Waals surface area (Å²) in [4.78, 5) is 39.4. The monoisotopic (exact) mass is 484 g/mol. The molecular formula is C26H26ClFN2O4. The summed E-state index contributed by atoms with van der Waals surface area (Å²) in [6.07, 6.45) is 3.86. The Bertz CT molecular complexity index is 1170. The maximum atomic E-state index is 13.5. The van der Waals surface area contributed by atoms with Gasteiger partial charge in [0.05, 0.1) is 5.02 Å². The van der Waals surface area contributed by atoms with Gasteiger partial charge in [0.25, 0.3) is 0 Å². The van der Waals surface area contributed by atoms with Crippen LogP contribution in [0.2, 0.25) is 5.02 Å². The van der Waals surface area contributed by atoms with Crippen LogP contribution in [0.5, 0.6) is 0 Å². The lowest BCUT2D eigenvalue weighted by Crippen LogP contribution is -2.62. The van der Waals surface area contributed by atoms with E-state index in [1.807, 2.05) is 24.3 Å². The molecular weight excluding hydrogens is 459 g/mol. The predicted octanol–water partition coefficient (Wildman–Crippen LogP) is 4.57. The summed E-state index contributed by atoms with van der Waals surface area (Å²) < 4.78 is 13.5. The zero-order valence-electron chi connectivity index (χ0n) is 18.5. The number of hydrogen-bond acceptors (Lipinski definition) is 5. The van der Waals surface area contributed by atoms with Crippen molar-refractivity contribution in [3.8, 4) is 0 Å². The standard InChI is InChI=1S/C26H26ClFN2O4/c27-19-12-14(28)8-11-16(19)24(32)22(31)13-26(25(33)34,30-15-9-10-15)23-17-4-1-2-6-20(17)29-21-7-3-5-18(21)23/h1-2,4,6,8,11-12,15,18,21,23,29-30H,3,5,7,9-10,13H2,(H,33,34)/t18-,21+,23?,26?/m0/s1. The van der Waals surface area contributed by atoms with Gasteiger partial charge in [-0.3, -0.25) is 19.7 Å². The van der Waals surface area contributed by atoms with Crippen LogP contribution < -0.4 is 10.6 Å². The maximum absolute atomic E-state index is 13.5. The smallest absolute Gasteiger partial charge is 0.325 e. The van der Waals surface area contributed by atoms with E-state index in [2.05, 4.69) is 10.6 Å². The second-order valence-corrected chi connectivity index (χ2v) is 10.1. The van der Waals surface area contributed by atoms with Gasteiger partial charge in [0, 0.05) is 35.7 Å². The molecule has 0 bridgehead atoms. The minimum absolute atomic E-state index is 0.00885. The largest absolute Gasteiger partial charge is 0.480 e. The molecule has 2 aliphatic carbocycles. The van der Waals surface area contributed by atoms with Crippen molar-refractivity contribution in [2.24, 2.45) is 5.92 Å². The lowest BCUT2D eigenvalue weighted by molar-refractivity contribution is -0.149. The Hall–Kier alpha value is -2.77. The second kappa shape index (κ2) is 8.78. The molecule has 2 unspecified atom stereocenters. The van der Waals surface area contributed by atoms with E-state index in [9.17, 15) is 23.9 Å². The maximum Gasteiger partial charge on any atom is 0.325 e. The van der Waals surface area contributed by atoms with E-state index in [0.717, 1.165) is 55.5 Å². The van der Waals surface area contributed by atoms with Gasteiger partial charge in [0.15, 0.2) is 0 Å². The SMILES string of the molecule is O=C(CC(NC1CC1)(C(=O)O)C1c2ccccc2N[C@@H]2CCC[C@H]12)C(=O)c1ccc(F)cc1Cl. The molecule has 3 aliphatic rings. The number of para-hydroxylation sites is 1. The molecule has 5 rings (SSSR count). The molecule has 0 radical (unpaired) electrons. The topological polar surface area (TPSA) is 95.5 Å². The molecule has 0 aromatic heterocycles. The average molecular weight is 485 g/mol. The summed E-state index contributed by atoms with van der Waals surface area (Å²) in [7, 11) is 0. The molecule has 2 fully saturated rings. The molecule has 2 aromatic carbocycles. The van der Waals surface area contributed by atoms with Crippen molar-refractivity contribution < 1.29 is 23.9 Å². The first-order valence-electron chi connectivity index (χ1n) is 11.7. The third kappa shape index (κ3) is 4.01. The first-order chi connectivity index (χ1) is 16.3. The minimum Gasteiger partial charge on any atom is -0.480 e. The van der Waals surface area contributed by atoms with Gasteiger partial charge >= 0.3 is 5.97 Å². The molecule has 4 atom stereocenters. The van der Waals surface area contributed by atoms with E-state index in [4.69, 9.17) is 11.6 Å². The second-order valence-electron chi connectivity index (χ2n) is 9.66. The Labute approximate surface area is 201 Å².